The predicted octanol–water partition coefficient (Wildman–Crippen LogP) is 1.58. The van der Waals surface area contributed by atoms with E-state index in [9.17, 15) is 5.11 Å². The molecule has 1 heteroatoms. The first-order valence-electron chi connectivity index (χ1n) is 4.72. The fourth-order valence-corrected chi connectivity index (χ4v) is 3.50. The van der Waals surface area contributed by atoms with Crippen molar-refractivity contribution in [1.82, 2.24) is 0 Å². The summed E-state index contributed by atoms with van der Waals surface area (Å²) in [4.78, 5) is 0. The van der Waals surface area contributed by atoms with Crippen LogP contribution in [0.4, 0.5) is 0 Å². The van der Waals surface area contributed by atoms with Gasteiger partial charge in [0.15, 0.2) is 0 Å². The molecule has 0 aromatic heterocycles. The van der Waals surface area contributed by atoms with Crippen LogP contribution in [0.15, 0.2) is 12.2 Å². The number of aliphatic hydroxyl groups is 1. The molecular formula is C10H14O. The average Bonchev–Trinajstić information content (AvgIpc) is 2.60. The SMILES string of the molecule is OC1CC[C@H]2[C@@H]1[C@H]1C=C[C@@H]2C1. The van der Waals surface area contributed by atoms with E-state index in [0.29, 0.717) is 5.92 Å². The number of hydrogen-bond donors (Lipinski definition) is 1. The minimum absolute atomic E-state index is 0.0277. The minimum atomic E-state index is 0.0277. The van der Waals surface area contributed by atoms with Gasteiger partial charge in [-0.3, -0.25) is 0 Å². The number of fused-ring (bicyclic) bond motifs is 5. The van der Waals surface area contributed by atoms with Gasteiger partial charge in [-0.15, -0.1) is 0 Å². The molecule has 2 bridgehead atoms. The molecule has 0 aromatic rings. The first-order chi connectivity index (χ1) is 5.36. The maximum atomic E-state index is 9.69. The van der Waals surface area contributed by atoms with Gasteiger partial charge in [0, 0.05) is 0 Å². The smallest absolute Gasteiger partial charge is 0.0577 e. The second kappa shape index (κ2) is 1.89. The minimum Gasteiger partial charge on any atom is -0.393 e. The summed E-state index contributed by atoms with van der Waals surface area (Å²) in [5.74, 6) is 3.06. The van der Waals surface area contributed by atoms with Crippen LogP contribution >= 0.6 is 0 Å². The second-order valence-electron chi connectivity index (χ2n) is 4.33. The lowest BCUT2D eigenvalue weighted by Crippen LogP contribution is -2.22. The lowest BCUT2D eigenvalue weighted by molar-refractivity contribution is 0.108. The summed E-state index contributed by atoms with van der Waals surface area (Å²) in [6, 6.07) is 0. The Hall–Kier alpha value is -0.300. The van der Waals surface area contributed by atoms with E-state index in [4.69, 9.17) is 0 Å². The molecule has 2 saturated carbocycles. The summed E-state index contributed by atoms with van der Waals surface area (Å²) in [7, 11) is 0. The fourth-order valence-electron chi connectivity index (χ4n) is 3.50. The first kappa shape index (κ1) is 6.24. The zero-order valence-electron chi connectivity index (χ0n) is 6.61. The molecule has 0 radical (unpaired) electrons. The Morgan fingerprint density at radius 3 is 2.73 bits per heavy atom. The number of rotatable bonds is 0. The van der Waals surface area contributed by atoms with Gasteiger partial charge in [-0.1, -0.05) is 12.2 Å². The Bertz CT molecular complexity index is 209. The molecule has 11 heavy (non-hydrogen) atoms. The summed E-state index contributed by atoms with van der Waals surface area (Å²) in [6.45, 7) is 0. The van der Waals surface area contributed by atoms with Crippen molar-refractivity contribution in [3.63, 3.8) is 0 Å². The van der Waals surface area contributed by atoms with Crippen molar-refractivity contribution < 1.29 is 5.11 Å². The summed E-state index contributed by atoms with van der Waals surface area (Å²) in [6.07, 6.45) is 8.41. The predicted molar refractivity (Wildman–Crippen MR) is 43.0 cm³/mol. The second-order valence-corrected chi connectivity index (χ2v) is 4.33. The van der Waals surface area contributed by atoms with Crippen LogP contribution in [0.2, 0.25) is 0 Å². The molecular weight excluding hydrogens is 136 g/mol. The van der Waals surface area contributed by atoms with E-state index in [1.165, 1.54) is 12.8 Å². The molecule has 1 N–H and O–H groups in total. The van der Waals surface area contributed by atoms with E-state index in [1.807, 2.05) is 0 Å². The Kier molecular flexibility index (Phi) is 1.07. The van der Waals surface area contributed by atoms with Crippen LogP contribution in [-0.2, 0) is 0 Å². The highest BCUT2D eigenvalue weighted by Crippen LogP contribution is 2.55. The molecule has 1 nitrogen and oxygen atoms in total. The van der Waals surface area contributed by atoms with E-state index in [1.54, 1.807) is 0 Å². The first-order valence-corrected chi connectivity index (χ1v) is 4.72. The summed E-state index contributed by atoms with van der Waals surface area (Å²) >= 11 is 0. The van der Waals surface area contributed by atoms with Crippen molar-refractivity contribution in [2.45, 2.75) is 25.4 Å². The number of allylic oxidation sites excluding steroid dienone is 2. The van der Waals surface area contributed by atoms with Gasteiger partial charge in [-0.2, -0.15) is 0 Å². The van der Waals surface area contributed by atoms with Gasteiger partial charge in [-0.25, -0.2) is 0 Å². The van der Waals surface area contributed by atoms with Gasteiger partial charge >= 0.3 is 0 Å². The zero-order valence-corrected chi connectivity index (χ0v) is 6.61. The van der Waals surface area contributed by atoms with E-state index in [0.717, 1.165) is 24.2 Å². The summed E-state index contributed by atoms with van der Waals surface area (Å²) < 4.78 is 0. The van der Waals surface area contributed by atoms with Gasteiger partial charge in [0.2, 0.25) is 0 Å². The highest BCUT2D eigenvalue weighted by Gasteiger charge is 2.50. The highest BCUT2D eigenvalue weighted by atomic mass is 16.3. The van der Waals surface area contributed by atoms with Gasteiger partial charge in [0.1, 0.15) is 0 Å². The van der Waals surface area contributed by atoms with Crippen LogP contribution in [0.3, 0.4) is 0 Å². The largest absolute Gasteiger partial charge is 0.393 e. The molecule has 1 unspecified atom stereocenters. The van der Waals surface area contributed by atoms with Gasteiger partial charge in [-0.05, 0) is 42.9 Å². The molecule has 60 valence electrons. The van der Waals surface area contributed by atoms with E-state index in [-0.39, 0.29) is 6.10 Å². The van der Waals surface area contributed by atoms with Crippen molar-refractivity contribution in [3.8, 4) is 0 Å². The lowest BCUT2D eigenvalue weighted by Gasteiger charge is -2.22. The normalized spacial score (nSPS) is 58.8. The molecule has 3 aliphatic carbocycles. The molecule has 0 aromatic carbocycles. The maximum absolute atomic E-state index is 9.69. The molecule has 0 spiro atoms. The molecule has 3 aliphatic rings. The molecule has 0 heterocycles. The monoisotopic (exact) mass is 150 g/mol. The van der Waals surface area contributed by atoms with Crippen LogP contribution in [-0.4, -0.2) is 11.2 Å². The van der Waals surface area contributed by atoms with E-state index in [2.05, 4.69) is 12.2 Å². The average molecular weight is 150 g/mol. The zero-order chi connectivity index (χ0) is 7.42. The Morgan fingerprint density at radius 1 is 1.09 bits per heavy atom. The number of hydrogen-bond acceptors (Lipinski definition) is 1. The van der Waals surface area contributed by atoms with Crippen molar-refractivity contribution in [3.05, 3.63) is 12.2 Å². The lowest BCUT2D eigenvalue weighted by atomic mass is 9.85. The van der Waals surface area contributed by atoms with Crippen LogP contribution in [0.25, 0.3) is 0 Å². The standard InChI is InChI=1S/C10H14O/c11-9-4-3-8-6-1-2-7(5-6)10(8)9/h1-2,6-11H,3-5H2/t6-,7+,8-,9?,10+/m1/s1. The maximum Gasteiger partial charge on any atom is 0.0577 e. The highest BCUT2D eigenvalue weighted by molar-refractivity contribution is 5.16. The molecule has 0 saturated heterocycles. The summed E-state index contributed by atoms with van der Waals surface area (Å²) in [5, 5.41) is 9.69. The third kappa shape index (κ3) is 0.652. The van der Waals surface area contributed by atoms with E-state index < -0.39 is 0 Å². The third-order valence-electron chi connectivity index (χ3n) is 3.93. The van der Waals surface area contributed by atoms with Gasteiger partial charge in [0.25, 0.3) is 0 Å². The molecule has 5 atom stereocenters. The van der Waals surface area contributed by atoms with Crippen LogP contribution in [0, 0.1) is 23.7 Å². The van der Waals surface area contributed by atoms with Crippen molar-refractivity contribution in [2.24, 2.45) is 23.7 Å². The van der Waals surface area contributed by atoms with Crippen molar-refractivity contribution in [1.29, 1.82) is 0 Å². The van der Waals surface area contributed by atoms with Gasteiger partial charge in [0.05, 0.1) is 6.10 Å². The molecule has 3 rings (SSSR count). The number of aliphatic hydroxyl groups excluding tert-OH is 1. The Morgan fingerprint density at radius 2 is 1.91 bits per heavy atom. The Labute approximate surface area is 67.1 Å². The van der Waals surface area contributed by atoms with Crippen molar-refractivity contribution in [2.75, 3.05) is 0 Å². The topological polar surface area (TPSA) is 20.2 Å². The van der Waals surface area contributed by atoms with Crippen LogP contribution < -0.4 is 0 Å². The van der Waals surface area contributed by atoms with E-state index >= 15 is 0 Å². The van der Waals surface area contributed by atoms with Crippen molar-refractivity contribution >= 4 is 0 Å². The third-order valence-corrected chi connectivity index (χ3v) is 3.93. The van der Waals surface area contributed by atoms with Crippen LogP contribution in [0.1, 0.15) is 19.3 Å². The quantitative estimate of drug-likeness (QED) is 0.520. The molecule has 0 amide bonds. The molecule has 2 fully saturated rings. The van der Waals surface area contributed by atoms with Gasteiger partial charge < -0.3 is 5.11 Å². The summed E-state index contributed by atoms with van der Waals surface area (Å²) in [5.41, 5.74) is 0. The van der Waals surface area contributed by atoms with Crippen LogP contribution in [0.5, 0.6) is 0 Å². The molecule has 0 aliphatic heterocycles. The fraction of sp³-hybridized carbons (Fsp3) is 0.800. The Balaban J connectivity index is 1.97.